The van der Waals surface area contributed by atoms with E-state index in [-0.39, 0.29) is 11.9 Å². The molecule has 1 nitrogen and oxygen atoms in total. The molecule has 1 unspecified atom stereocenters. The van der Waals surface area contributed by atoms with E-state index in [9.17, 15) is 4.39 Å². The standard InChI is InChI=1S/C11H13ClFN/c12-8-4-5-9(10(13)6-8)11(14)7-2-1-3-7/h4-7,11H,1-3,14H2. The first-order valence-corrected chi connectivity index (χ1v) is 5.27. The molecule has 14 heavy (non-hydrogen) atoms. The van der Waals surface area contributed by atoms with Gasteiger partial charge in [-0.2, -0.15) is 0 Å². The van der Waals surface area contributed by atoms with Crippen LogP contribution in [0.2, 0.25) is 5.02 Å². The summed E-state index contributed by atoms with van der Waals surface area (Å²) >= 11 is 5.67. The van der Waals surface area contributed by atoms with Crippen LogP contribution in [0.1, 0.15) is 30.9 Å². The van der Waals surface area contributed by atoms with Gasteiger partial charge in [-0.1, -0.05) is 24.1 Å². The third-order valence-corrected chi connectivity index (χ3v) is 3.21. The first kappa shape index (κ1) is 9.94. The third-order valence-electron chi connectivity index (χ3n) is 2.98. The fourth-order valence-corrected chi connectivity index (χ4v) is 1.98. The highest BCUT2D eigenvalue weighted by Gasteiger charge is 2.27. The SMILES string of the molecule is NC(c1ccc(Cl)cc1F)C1CCC1. The maximum Gasteiger partial charge on any atom is 0.129 e. The van der Waals surface area contributed by atoms with E-state index < -0.39 is 0 Å². The lowest BCUT2D eigenvalue weighted by atomic mass is 9.77. The van der Waals surface area contributed by atoms with Gasteiger partial charge < -0.3 is 5.73 Å². The maximum absolute atomic E-state index is 13.5. The maximum atomic E-state index is 13.5. The highest BCUT2D eigenvalue weighted by Crippen LogP contribution is 2.37. The van der Waals surface area contributed by atoms with E-state index in [1.54, 1.807) is 12.1 Å². The zero-order valence-corrected chi connectivity index (χ0v) is 8.60. The van der Waals surface area contributed by atoms with E-state index in [0.717, 1.165) is 12.8 Å². The Balaban J connectivity index is 2.22. The van der Waals surface area contributed by atoms with Crippen LogP contribution in [0.5, 0.6) is 0 Å². The van der Waals surface area contributed by atoms with E-state index >= 15 is 0 Å². The second kappa shape index (κ2) is 3.87. The number of halogens is 2. The van der Waals surface area contributed by atoms with E-state index in [0.29, 0.717) is 16.5 Å². The lowest BCUT2D eigenvalue weighted by Gasteiger charge is -2.31. The van der Waals surface area contributed by atoms with Crippen LogP contribution in [0.25, 0.3) is 0 Å². The minimum atomic E-state index is -0.281. The molecule has 1 fully saturated rings. The van der Waals surface area contributed by atoms with Gasteiger partial charge in [-0.05, 0) is 30.9 Å². The molecule has 1 saturated carbocycles. The number of nitrogens with two attached hydrogens (primary N) is 1. The van der Waals surface area contributed by atoms with Gasteiger partial charge >= 0.3 is 0 Å². The van der Waals surface area contributed by atoms with Crippen LogP contribution >= 0.6 is 11.6 Å². The Morgan fingerprint density at radius 1 is 1.43 bits per heavy atom. The highest BCUT2D eigenvalue weighted by atomic mass is 35.5. The minimum absolute atomic E-state index is 0.166. The average Bonchev–Trinajstić information content (AvgIpc) is 2.00. The minimum Gasteiger partial charge on any atom is -0.324 e. The van der Waals surface area contributed by atoms with Gasteiger partial charge in [0.15, 0.2) is 0 Å². The van der Waals surface area contributed by atoms with Gasteiger partial charge in [-0.15, -0.1) is 0 Å². The fraction of sp³-hybridized carbons (Fsp3) is 0.455. The van der Waals surface area contributed by atoms with Crippen LogP contribution in [0.15, 0.2) is 18.2 Å². The van der Waals surface area contributed by atoms with Crippen molar-refractivity contribution in [1.82, 2.24) is 0 Å². The molecule has 1 aliphatic rings. The first-order chi connectivity index (χ1) is 6.68. The molecule has 1 atom stereocenters. The normalized spacial score (nSPS) is 19.1. The summed E-state index contributed by atoms with van der Waals surface area (Å²) in [6, 6.07) is 4.55. The predicted octanol–water partition coefficient (Wildman–Crippen LogP) is 3.28. The van der Waals surface area contributed by atoms with Crippen molar-refractivity contribution in [2.75, 3.05) is 0 Å². The Labute approximate surface area is 88.1 Å². The van der Waals surface area contributed by atoms with Crippen molar-refractivity contribution in [3.63, 3.8) is 0 Å². The number of hydrogen-bond acceptors (Lipinski definition) is 1. The Kier molecular flexibility index (Phi) is 2.75. The van der Waals surface area contributed by atoms with Crippen molar-refractivity contribution in [2.45, 2.75) is 25.3 Å². The molecule has 1 aromatic carbocycles. The molecule has 0 aliphatic heterocycles. The lowest BCUT2D eigenvalue weighted by Crippen LogP contribution is -2.27. The lowest BCUT2D eigenvalue weighted by molar-refractivity contribution is 0.260. The van der Waals surface area contributed by atoms with Crippen molar-refractivity contribution in [3.8, 4) is 0 Å². The summed E-state index contributed by atoms with van der Waals surface area (Å²) in [7, 11) is 0. The molecule has 0 aromatic heterocycles. The number of hydrogen-bond donors (Lipinski definition) is 1. The second-order valence-electron chi connectivity index (χ2n) is 3.88. The zero-order chi connectivity index (χ0) is 10.1. The molecular weight excluding hydrogens is 201 g/mol. The van der Waals surface area contributed by atoms with E-state index in [1.807, 2.05) is 0 Å². The Bertz CT molecular complexity index is 336. The van der Waals surface area contributed by atoms with Crippen LogP contribution in [-0.4, -0.2) is 0 Å². The average molecular weight is 214 g/mol. The molecule has 0 amide bonds. The van der Waals surface area contributed by atoms with Gasteiger partial charge in [0.05, 0.1) is 0 Å². The summed E-state index contributed by atoms with van der Waals surface area (Å²) in [4.78, 5) is 0. The molecule has 2 N–H and O–H groups in total. The molecule has 1 aromatic rings. The molecule has 1 aliphatic carbocycles. The largest absolute Gasteiger partial charge is 0.324 e. The highest BCUT2D eigenvalue weighted by molar-refractivity contribution is 6.30. The first-order valence-electron chi connectivity index (χ1n) is 4.89. The van der Waals surface area contributed by atoms with Gasteiger partial charge in [0.2, 0.25) is 0 Å². The topological polar surface area (TPSA) is 26.0 Å². The van der Waals surface area contributed by atoms with Gasteiger partial charge in [0.25, 0.3) is 0 Å². The molecule has 0 heterocycles. The van der Waals surface area contributed by atoms with Crippen LogP contribution < -0.4 is 5.73 Å². The third kappa shape index (κ3) is 1.77. The smallest absolute Gasteiger partial charge is 0.129 e. The summed E-state index contributed by atoms with van der Waals surface area (Å²) in [5, 5.41) is 0.423. The van der Waals surface area contributed by atoms with Gasteiger partial charge in [-0.25, -0.2) is 4.39 Å². The summed E-state index contributed by atoms with van der Waals surface area (Å²) in [6.45, 7) is 0. The Morgan fingerprint density at radius 2 is 2.14 bits per heavy atom. The van der Waals surface area contributed by atoms with Gasteiger partial charge in [0.1, 0.15) is 5.82 Å². The van der Waals surface area contributed by atoms with Crippen molar-refractivity contribution < 1.29 is 4.39 Å². The van der Waals surface area contributed by atoms with E-state index in [1.165, 1.54) is 12.5 Å². The zero-order valence-electron chi connectivity index (χ0n) is 7.84. The van der Waals surface area contributed by atoms with Crippen molar-refractivity contribution in [1.29, 1.82) is 0 Å². The molecule has 0 saturated heterocycles. The number of rotatable bonds is 2. The molecular formula is C11H13ClFN. The van der Waals surface area contributed by atoms with Crippen molar-refractivity contribution in [3.05, 3.63) is 34.6 Å². The van der Waals surface area contributed by atoms with Crippen molar-refractivity contribution >= 4 is 11.6 Å². The Morgan fingerprint density at radius 3 is 2.64 bits per heavy atom. The molecule has 0 spiro atoms. The summed E-state index contributed by atoms with van der Waals surface area (Å²) in [5.74, 6) is 0.169. The molecule has 0 bridgehead atoms. The summed E-state index contributed by atoms with van der Waals surface area (Å²) in [6.07, 6.45) is 3.44. The van der Waals surface area contributed by atoms with Crippen molar-refractivity contribution in [2.24, 2.45) is 11.7 Å². The van der Waals surface area contributed by atoms with Crippen LogP contribution in [0, 0.1) is 11.7 Å². The van der Waals surface area contributed by atoms with Crippen LogP contribution in [0.3, 0.4) is 0 Å². The molecule has 76 valence electrons. The summed E-state index contributed by atoms with van der Waals surface area (Å²) < 4.78 is 13.5. The predicted molar refractivity (Wildman–Crippen MR) is 55.7 cm³/mol. The summed E-state index contributed by atoms with van der Waals surface area (Å²) in [5.41, 5.74) is 6.56. The Hall–Kier alpha value is -0.600. The van der Waals surface area contributed by atoms with E-state index in [4.69, 9.17) is 17.3 Å². The molecule has 0 radical (unpaired) electrons. The quantitative estimate of drug-likeness (QED) is 0.802. The molecule has 2 rings (SSSR count). The monoisotopic (exact) mass is 213 g/mol. The van der Waals surface area contributed by atoms with Gasteiger partial charge in [-0.3, -0.25) is 0 Å². The fourth-order valence-electron chi connectivity index (χ4n) is 1.82. The second-order valence-corrected chi connectivity index (χ2v) is 4.32. The van der Waals surface area contributed by atoms with Crippen LogP contribution in [-0.2, 0) is 0 Å². The van der Waals surface area contributed by atoms with E-state index in [2.05, 4.69) is 0 Å². The van der Waals surface area contributed by atoms with Gasteiger partial charge in [0, 0.05) is 16.6 Å². The molecule has 3 heteroatoms. The number of benzene rings is 1. The van der Waals surface area contributed by atoms with Crippen LogP contribution in [0.4, 0.5) is 4.39 Å².